The highest BCUT2D eigenvalue weighted by Gasteiger charge is 2.38. The van der Waals surface area contributed by atoms with Gasteiger partial charge in [-0.25, -0.2) is 0 Å². The molecule has 0 amide bonds. The average Bonchev–Trinajstić information content (AvgIpc) is 3.20. The van der Waals surface area contributed by atoms with Crippen molar-refractivity contribution in [3.63, 3.8) is 0 Å². The molecule has 0 bridgehead atoms. The summed E-state index contributed by atoms with van der Waals surface area (Å²) >= 11 is 0. The molecule has 1 saturated carbocycles. The van der Waals surface area contributed by atoms with E-state index >= 15 is 0 Å². The number of Topliss-reactive ketones (excluding diaryl/α,β-unsaturated/α-hetero) is 1. The maximum Gasteiger partial charge on any atom is 0.192 e. The predicted octanol–water partition coefficient (Wildman–Crippen LogP) is 3.96. The number of aromatic nitrogens is 1. The van der Waals surface area contributed by atoms with E-state index in [1.807, 2.05) is 6.07 Å². The van der Waals surface area contributed by atoms with E-state index in [-0.39, 0.29) is 22.8 Å². The standard InChI is InChI=1S/C23H27NO5/c1-14(25)18-13-24-19-7-4-6-15(19)16-10-23(29-9-5-8-27-2)22(28-3)11-17(16)20(24)12-21(18)26/h10-13,15,19H,4-9H2,1-3H3. The molecule has 0 N–H and O–H groups in total. The number of hydrogen-bond acceptors (Lipinski definition) is 5. The highest BCUT2D eigenvalue weighted by Crippen LogP contribution is 2.52. The Morgan fingerprint density at radius 3 is 2.69 bits per heavy atom. The summed E-state index contributed by atoms with van der Waals surface area (Å²) in [5.41, 5.74) is 3.06. The van der Waals surface area contributed by atoms with Crippen LogP contribution in [0.4, 0.5) is 0 Å². The minimum absolute atomic E-state index is 0.192. The Morgan fingerprint density at radius 1 is 1.14 bits per heavy atom. The van der Waals surface area contributed by atoms with Crippen LogP contribution in [0.5, 0.6) is 11.5 Å². The fourth-order valence-corrected chi connectivity index (χ4v) is 4.70. The van der Waals surface area contributed by atoms with Crippen LogP contribution in [-0.2, 0) is 4.74 Å². The number of ether oxygens (including phenoxy) is 3. The van der Waals surface area contributed by atoms with E-state index in [1.165, 1.54) is 12.5 Å². The van der Waals surface area contributed by atoms with Crippen molar-refractivity contribution in [2.75, 3.05) is 27.4 Å². The smallest absolute Gasteiger partial charge is 0.192 e. The second kappa shape index (κ2) is 8.03. The highest BCUT2D eigenvalue weighted by atomic mass is 16.5. The van der Waals surface area contributed by atoms with Crippen LogP contribution >= 0.6 is 0 Å². The summed E-state index contributed by atoms with van der Waals surface area (Å²) < 4.78 is 18.8. The highest BCUT2D eigenvalue weighted by molar-refractivity contribution is 5.94. The number of carbonyl (C=O) groups excluding carboxylic acids is 1. The molecule has 6 heteroatoms. The Hall–Kier alpha value is -2.60. The molecule has 1 fully saturated rings. The lowest BCUT2D eigenvalue weighted by Gasteiger charge is -2.34. The molecule has 2 heterocycles. The lowest BCUT2D eigenvalue weighted by Crippen LogP contribution is -2.25. The van der Waals surface area contributed by atoms with Gasteiger partial charge in [0, 0.05) is 49.9 Å². The minimum atomic E-state index is -0.231. The van der Waals surface area contributed by atoms with Crippen molar-refractivity contribution >= 4 is 5.78 Å². The lowest BCUT2D eigenvalue weighted by molar-refractivity contribution is 0.101. The van der Waals surface area contributed by atoms with E-state index in [0.717, 1.165) is 42.7 Å². The quantitative estimate of drug-likeness (QED) is 0.523. The number of nitrogens with zero attached hydrogens (tertiary/aromatic N) is 1. The van der Waals surface area contributed by atoms with E-state index in [0.29, 0.717) is 24.9 Å². The Labute approximate surface area is 170 Å². The Bertz CT molecular complexity index is 993. The zero-order valence-corrected chi connectivity index (χ0v) is 17.2. The molecule has 0 saturated heterocycles. The minimum Gasteiger partial charge on any atom is -0.493 e. The molecule has 2 unspecified atom stereocenters. The summed E-state index contributed by atoms with van der Waals surface area (Å²) in [6.45, 7) is 2.64. The van der Waals surface area contributed by atoms with Crippen LogP contribution in [0.15, 0.2) is 29.2 Å². The maximum atomic E-state index is 12.6. The normalized spacial score (nSPS) is 19.3. The predicted molar refractivity (Wildman–Crippen MR) is 110 cm³/mol. The molecule has 154 valence electrons. The van der Waals surface area contributed by atoms with Gasteiger partial charge in [0.05, 0.1) is 25.0 Å². The number of rotatable bonds is 7. The first-order valence-corrected chi connectivity index (χ1v) is 10.2. The Morgan fingerprint density at radius 2 is 1.97 bits per heavy atom. The molecule has 1 aliphatic heterocycles. The third-order valence-electron chi connectivity index (χ3n) is 6.06. The van der Waals surface area contributed by atoms with Crippen molar-refractivity contribution in [1.29, 1.82) is 0 Å². The molecule has 2 atom stereocenters. The molecular weight excluding hydrogens is 370 g/mol. The van der Waals surface area contributed by atoms with Gasteiger partial charge in [-0.3, -0.25) is 9.59 Å². The molecule has 2 aliphatic rings. The van der Waals surface area contributed by atoms with Gasteiger partial charge < -0.3 is 18.8 Å². The lowest BCUT2D eigenvalue weighted by atomic mass is 9.84. The summed E-state index contributed by atoms with van der Waals surface area (Å²) in [7, 11) is 3.30. The van der Waals surface area contributed by atoms with Crippen LogP contribution in [-0.4, -0.2) is 37.8 Å². The molecule has 1 aromatic heterocycles. The van der Waals surface area contributed by atoms with E-state index in [9.17, 15) is 9.59 Å². The van der Waals surface area contributed by atoms with Gasteiger partial charge >= 0.3 is 0 Å². The first-order valence-electron chi connectivity index (χ1n) is 10.2. The molecule has 1 aliphatic carbocycles. The van der Waals surface area contributed by atoms with Crippen molar-refractivity contribution in [3.8, 4) is 22.8 Å². The maximum absolute atomic E-state index is 12.6. The number of carbonyl (C=O) groups is 1. The SMILES string of the molecule is COCCCOc1cc2c(cc1OC)-c1cc(=O)c(C(C)=O)cn1C1CCCC21. The average molecular weight is 397 g/mol. The topological polar surface area (TPSA) is 66.8 Å². The molecule has 0 radical (unpaired) electrons. The molecule has 2 aromatic rings. The summed E-state index contributed by atoms with van der Waals surface area (Å²) in [5, 5.41) is 0. The van der Waals surface area contributed by atoms with Crippen molar-refractivity contribution in [2.24, 2.45) is 0 Å². The second-order valence-corrected chi connectivity index (χ2v) is 7.79. The van der Waals surface area contributed by atoms with Crippen LogP contribution in [0.3, 0.4) is 0 Å². The van der Waals surface area contributed by atoms with Gasteiger partial charge in [-0.2, -0.15) is 0 Å². The zero-order valence-electron chi connectivity index (χ0n) is 17.2. The number of benzene rings is 1. The van der Waals surface area contributed by atoms with Gasteiger partial charge in [-0.1, -0.05) is 6.42 Å². The van der Waals surface area contributed by atoms with E-state index in [4.69, 9.17) is 14.2 Å². The van der Waals surface area contributed by atoms with Gasteiger partial charge in [0.15, 0.2) is 22.7 Å². The van der Waals surface area contributed by atoms with Gasteiger partial charge in [-0.05, 0) is 37.5 Å². The van der Waals surface area contributed by atoms with Crippen LogP contribution < -0.4 is 14.9 Å². The fourth-order valence-electron chi connectivity index (χ4n) is 4.70. The van der Waals surface area contributed by atoms with Gasteiger partial charge in [0.1, 0.15) is 0 Å². The molecule has 0 spiro atoms. The third-order valence-corrected chi connectivity index (χ3v) is 6.06. The van der Waals surface area contributed by atoms with Crippen LogP contribution in [0.1, 0.15) is 60.5 Å². The number of fused-ring (bicyclic) bond motifs is 6. The van der Waals surface area contributed by atoms with Crippen molar-refractivity contribution in [3.05, 3.63) is 45.7 Å². The van der Waals surface area contributed by atoms with Crippen LogP contribution in [0.2, 0.25) is 0 Å². The zero-order chi connectivity index (χ0) is 20.5. The van der Waals surface area contributed by atoms with Crippen LogP contribution in [0, 0.1) is 0 Å². The van der Waals surface area contributed by atoms with Crippen LogP contribution in [0.25, 0.3) is 11.3 Å². The van der Waals surface area contributed by atoms with Gasteiger partial charge in [-0.15, -0.1) is 0 Å². The first-order chi connectivity index (χ1) is 14.0. The van der Waals surface area contributed by atoms with E-state index < -0.39 is 0 Å². The van der Waals surface area contributed by atoms with Gasteiger partial charge in [0.25, 0.3) is 0 Å². The monoisotopic (exact) mass is 397 g/mol. The van der Waals surface area contributed by atoms with Gasteiger partial charge in [0.2, 0.25) is 0 Å². The summed E-state index contributed by atoms with van der Waals surface area (Å²) in [6.07, 6.45) is 5.79. The third kappa shape index (κ3) is 3.46. The van der Waals surface area contributed by atoms with E-state index in [2.05, 4.69) is 10.6 Å². The molecular formula is C23H27NO5. The van der Waals surface area contributed by atoms with Crippen molar-refractivity contribution in [1.82, 2.24) is 4.57 Å². The summed E-state index contributed by atoms with van der Waals surface area (Å²) in [4.78, 5) is 24.5. The number of ketones is 1. The van der Waals surface area contributed by atoms with Crippen molar-refractivity contribution < 1.29 is 19.0 Å². The van der Waals surface area contributed by atoms with Crippen molar-refractivity contribution in [2.45, 2.75) is 44.6 Å². The fraction of sp³-hybridized carbons (Fsp3) is 0.478. The second-order valence-electron chi connectivity index (χ2n) is 7.79. The number of hydrogen-bond donors (Lipinski definition) is 0. The first kappa shape index (κ1) is 19.7. The summed E-state index contributed by atoms with van der Waals surface area (Å²) in [6, 6.07) is 5.90. The summed E-state index contributed by atoms with van der Waals surface area (Å²) in [5.74, 6) is 1.52. The molecule has 6 nitrogen and oxygen atoms in total. The van der Waals surface area contributed by atoms with E-state index in [1.54, 1.807) is 26.5 Å². The molecule has 4 rings (SSSR count). The molecule has 29 heavy (non-hydrogen) atoms. The largest absolute Gasteiger partial charge is 0.493 e. The molecule has 1 aromatic carbocycles. The Balaban J connectivity index is 1.83. The Kier molecular flexibility index (Phi) is 5.46. The number of methoxy groups -OCH3 is 2. The number of pyridine rings is 1.